The predicted octanol–water partition coefficient (Wildman–Crippen LogP) is 2.58. The molecule has 2 saturated carbocycles. The molecule has 1 atom stereocenters. The summed E-state index contributed by atoms with van der Waals surface area (Å²) in [5.74, 6) is 0. The Kier molecular flexibility index (Phi) is 2.37. The van der Waals surface area contributed by atoms with Crippen molar-refractivity contribution < 1.29 is 13.2 Å². The van der Waals surface area contributed by atoms with Crippen molar-refractivity contribution in [1.82, 2.24) is 0 Å². The maximum Gasteiger partial charge on any atom is 0.238 e. The van der Waals surface area contributed by atoms with Gasteiger partial charge in [0.1, 0.15) is 0 Å². The van der Waals surface area contributed by atoms with Gasteiger partial charge < -0.3 is 4.74 Å². The third kappa shape index (κ3) is 1.70. The maximum absolute atomic E-state index is 11.5. The third-order valence-electron chi connectivity index (χ3n) is 4.53. The highest BCUT2D eigenvalue weighted by atomic mass is 35.7. The molecule has 0 radical (unpaired) electrons. The molecule has 1 spiro atoms. The fourth-order valence-corrected chi connectivity index (χ4v) is 4.71. The number of rotatable bonds is 3. The number of ether oxygens (including phenoxy) is 1. The Bertz CT molecular complexity index is 395. The van der Waals surface area contributed by atoms with Crippen molar-refractivity contribution >= 4 is 19.7 Å². The van der Waals surface area contributed by atoms with Gasteiger partial charge in [0.25, 0.3) is 0 Å². The SMILES string of the molecule is O=S(=O)(Cl)C1(CC2CCC3(CCC3)O2)CC1. The Balaban J connectivity index is 1.65. The van der Waals surface area contributed by atoms with E-state index in [0.717, 1.165) is 25.7 Å². The number of hydrogen-bond acceptors (Lipinski definition) is 3. The predicted molar refractivity (Wildman–Crippen MR) is 62.0 cm³/mol. The lowest BCUT2D eigenvalue weighted by Crippen LogP contribution is -2.37. The molecule has 1 aliphatic heterocycles. The van der Waals surface area contributed by atoms with Gasteiger partial charge in [-0.25, -0.2) is 8.42 Å². The molecule has 3 aliphatic rings. The van der Waals surface area contributed by atoms with Crippen LogP contribution in [0.3, 0.4) is 0 Å². The minimum Gasteiger partial charge on any atom is -0.372 e. The molecule has 0 bridgehead atoms. The van der Waals surface area contributed by atoms with Crippen LogP contribution in [0.25, 0.3) is 0 Å². The summed E-state index contributed by atoms with van der Waals surface area (Å²) < 4.78 is 28.3. The molecule has 3 rings (SSSR count). The summed E-state index contributed by atoms with van der Waals surface area (Å²) in [5, 5.41) is 0. The summed E-state index contributed by atoms with van der Waals surface area (Å²) in [4.78, 5) is 0. The van der Waals surface area contributed by atoms with Crippen LogP contribution in [-0.4, -0.2) is 24.9 Å². The molecule has 0 aromatic rings. The quantitative estimate of drug-likeness (QED) is 0.736. The van der Waals surface area contributed by atoms with E-state index >= 15 is 0 Å². The van der Waals surface area contributed by atoms with E-state index < -0.39 is 13.8 Å². The van der Waals surface area contributed by atoms with Crippen LogP contribution in [0.2, 0.25) is 0 Å². The van der Waals surface area contributed by atoms with E-state index in [2.05, 4.69) is 0 Å². The summed E-state index contributed by atoms with van der Waals surface area (Å²) in [5.41, 5.74) is 0.122. The van der Waals surface area contributed by atoms with E-state index in [1.54, 1.807) is 0 Å². The lowest BCUT2D eigenvalue weighted by molar-refractivity contribution is -0.0930. The van der Waals surface area contributed by atoms with E-state index in [1.165, 1.54) is 6.42 Å². The van der Waals surface area contributed by atoms with E-state index in [4.69, 9.17) is 15.4 Å². The second kappa shape index (κ2) is 3.36. The van der Waals surface area contributed by atoms with Gasteiger partial charge >= 0.3 is 0 Å². The van der Waals surface area contributed by atoms with Crippen molar-refractivity contribution in [3.05, 3.63) is 0 Å². The van der Waals surface area contributed by atoms with Crippen LogP contribution in [-0.2, 0) is 13.8 Å². The van der Waals surface area contributed by atoms with Crippen molar-refractivity contribution in [2.45, 2.75) is 67.8 Å². The smallest absolute Gasteiger partial charge is 0.238 e. The molecular formula is C11H17ClO3S. The molecule has 0 N–H and O–H groups in total. The van der Waals surface area contributed by atoms with Crippen LogP contribution in [0, 0.1) is 0 Å². The molecule has 1 heterocycles. The van der Waals surface area contributed by atoms with E-state index in [9.17, 15) is 8.42 Å². The minimum absolute atomic E-state index is 0.122. The van der Waals surface area contributed by atoms with Crippen molar-refractivity contribution in [3.8, 4) is 0 Å². The van der Waals surface area contributed by atoms with Gasteiger partial charge in [-0.2, -0.15) is 0 Å². The summed E-state index contributed by atoms with van der Waals surface area (Å²) in [6, 6.07) is 0. The molecule has 0 amide bonds. The summed E-state index contributed by atoms with van der Waals surface area (Å²) in [7, 11) is 2.09. The number of halogens is 1. The molecule has 92 valence electrons. The van der Waals surface area contributed by atoms with Gasteiger partial charge in [-0.05, 0) is 51.4 Å². The fourth-order valence-electron chi connectivity index (χ4n) is 3.08. The van der Waals surface area contributed by atoms with Crippen LogP contribution in [0.15, 0.2) is 0 Å². The van der Waals surface area contributed by atoms with Gasteiger partial charge in [-0.3, -0.25) is 0 Å². The van der Waals surface area contributed by atoms with Crippen molar-refractivity contribution in [2.75, 3.05) is 0 Å². The van der Waals surface area contributed by atoms with Gasteiger partial charge in [0, 0.05) is 10.7 Å². The topological polar surface area (TPSA) is 43.4 Å². The largest absolute Gasteiger partial charge is 0.372 e. The third-order valence-corrected chi connectivity index (χ3v) is 7.12. The first kappa shape index (κ1) is 11.3. The van der Waals surface area contributed by atoms with Crippen LogP contribution >= 0.6 is 10.7 Å². The Morgan fingerprint density at radius 3 is 2.25 bits per heavy atom. The number of hydrogen-bond donors (Lipinski definition) is 0. The molecule has 0 aromatic heterocycles. The lowest BCUT2D eigenvalue weighted by Gasteiger charge is -2.38. The Hall–Kier alpha value is 0.200. The maximum atomic E-state index is 11.5. The van der Waals surface area contributed by atoms with Crippen molar-refractivity contribution in [2.24, 2.45) is 0 Å². The molecule has 1 saturated heterocycles. The lowest BCUT2D eigenvalue weighted by atomic mass is 9.78. The molecule has 3 nitrogen and oxygen atoms in total. The van der Waals surface area contributed by atoms with Crippen LogP contribution in [0.4, 0.5) is 0 Å². The second-order valence-corrected chi connectivity index (χ2v) is 8.60. The van der Waals surface area contributed by atoms with Gasteiger partial charge in [0.15, 0.2) is 0 Å². The van der Waals surface area contributed by atoms with Crippen LogP contribution in [0.1, 0.15) is 51.4 Å². The van der Waals surface area contributed by atoms with Crippen LogP contribution in [0.5, 0.6) is 0 Å². The molecule has 2 aliphatic carbocycles. The van der Waals surface area contributed by atoms with E-state index in [-0.39, 0.29) is 11.7 Å². The second-order valence-electron chi connectivity index (χ2n) is 5.64. The highest BCUT2D eigenvalue weighted by Gasteiger charge is 2.57. The van der Waals surface area contributed by atoms with Gasteiger partial charge in [0.05, 0.1) is 16.5 Å². The van der Waals surface area contributed by atoms with Crippen LogP contribution < -0.4 is 0 Å². The molecule has 1 unspecified atom stereocenters. The summed E-state index contributed by atoms with van der Waals surface area (Å²) in [6.45, 7) is 0. The average molecular weight is 265 g/mol. The molecular weight excluding hydrogens is 248 g/mol. The van der Waals surface area contributed by atoms with Crippen molar-refractivity contribution in [3.63, 3.8) is 0 Å². The minimum atomic E-state index is -3.41. The first-order valence-electron chi connectivity index (χ1n) is 6.07. The van der Waals surface area contributed by atoms with E-state index in [1.807, 2.05) is 0 Å². The standard InChI is InChI=1S/C11H17ClO3S/c12-16(13,14)11(6-7-11)8-9-2-5-10(15-9)3-1-4-10/h9H,1-8H2. The van der Waals surface area contributed by atoms with Gasteiger partial charge in [-0.1, -0.05) is 0 Å². The first-order chi connectivity index (χ1) is 7.45. The summed E-state index contributed by atoms with van der Waals surface area (Å²) >= 11 is 0. The van der Waals surface area contributed by atoms with Crippen molar-refractivity contribution in [1.29, 1.82) is 0 Å². The zero-order chi connectivity index (χ0) is 11.4. The Morgan fingerprint density at radius 2 is 1.88 bits per heavy atom. The average Bonchev–Trinajstić information content (AvgIpc) is 2.75. The monoisotopic (exact) mass is 264 g/mol. The van der Waals surface area contributed by atoms with Gasteiger partial charge in [0.2, 0.25) is 9.05 Å². The molecule has 3 fully saturated rings. The molecule has 5 heteroatoms. The van der Waals surface area contributed by atoms with E-state index in [0.29, 0.717) is 19.3 Å². The highest BCUT2D eigenvalue weighted by molar-refractivity contribution is 8.15. The first-order valence-corrected chi connectivity index (χ1v) is 8.38. The zero-order valence-electron chi connectivity index (χ0n) is 9.25. The zero-order valence-corrected chi connectivity index (χ0v) is 10.8. The normalized spacial score (nSPS) is 34.9. The molecule has 16 heavy (non-hydrogen) atoms. The Labute approximate surface area is 101 Å². The fraction of sp³-hybridized carbons (Fsp3) is 1.00. The highest BCUT2D eigenvalue weighted by Crippen LogP contribution is 2.53. The van der Waals surface area contributed by atoms with Gasteiger partial charge in [-0.15, -0.1) is 0 Å². The molecule has 0 aromatic carbocycles. The Morgan fingerprint density at radius 1 is 1.19 bits per heavy atom. The summed E-state index contributed by atoms with van der Waals surface area (Å²) in [6.07, 6.45) is 7.85.